The van der Waals surface area contributed by atoms with Crippen molar-refractivity contribution in [2.75, 3.05) is 13.1 Å². The van der Waals surface area contributed by atoms with Crippen LogP contribution in [0.1, 0.15) is 56.7 Å². The van der Waals surface area contributed by atoms with E-state index in [0.29, 0.717) is 12.1 Å². The van der Waals surface area contributed by atoms with Gasteiger partial charge in [-0.15, -0.1) is 11.3 Å². The van der Waals surface area contributed by atoms with Crippen molar-refractivity contribution in [1.29, 1.82) is 0 Å². The quantitative estimate of drug-likeness (QED) is 0.836. The molecule has 2 aliphatic heterocycles. The zero-order valence-electron chi connectivity index (χ0n) is 13.8. The van der Waals surface area contributed by atoms with E-state index < -0.39 is 0 Å². The van der Waals surface area contributed by atoms with Gasteiger partial charge in [0.15, 0.2) is 0 Å². The molecule has 4 nitrogen and oxygen atoms in total. The van der Waals surface area contributed by atoms with Crippen molar-refractivity contribution < 1.29 is 4.79 Å². The van der Waals surface area contributed by atoms with Crippen molar-refractivity contribution in [2.45, 2.75) is 71.0 Å². The first kappa shape index (κ1) is 15.9. The van der Waals surface area contributed by atoms with Gasteiger partial charge in [-0.2, -0.15) is 0 Å². The van der Waals surface area contributed by atoms with E-state index in [1.807, 2.05) is 0 Å². The molecule has 2 fully saturated rings. The number of likely N-dealkylation sites (tertiary alicyclic amines) is 2. The molecule has 0 aliphatic carbocycles. The Hall–Kier alpha value is -0.940. The first-order valence-electron chi connectivity index (χ1n) is 8.63. The molecule has 0 aromatic carbocycles. The zero-order valence-corrected chi connectivity index (χ0v) is 14.6. The van der Waals surface area contributed by atoms with E-state index >= 15 is 0 Å². The molecule has 1 amide bonds. The molecule has 2 saturated heterocycles. The highest BCUT2D eigenvalue weighted by Gasteiger charge is 2.38. The van der Waals surface area contributed by atoms with Crippen LogP contribution in [0.5, 0.6) is 0 Å². The highest BCUT2D eigenvalue weighted by atomic mass is 32.1. The molecule has 2 atom stereocenters. The van der Waals surface area contributed by atoms with Gasteiger partial charge in [0, 0.05) is 37.5 Å². The molecule has 0 unspecified atom stereocenters. The van der Waals surface area contributed by atoms with Crippen LogP contribution in [0.15, 0.2) is 5.38 Å². The number of thiazole rings is 1. The summed E-state index contributed by atoms with van der Waals surface area (Å²) in [5.74, 6) is 0.244. The van der Waals surface area contributed by atoms with Crippen LogP contribution in [0.25, 0.3) is 0 Å². The van der Waals surface area contributed by atoms with Crippen LogP contribution in [0.4, 0.5) is 0 Å². The summed E-state index contributed by atoms with van der Waals surface area (Å²) in [6.07, 6.45) is 7.05. The third kappa shape index (κ3) is 3.35. The molecule has 3 rings (SSSR count). The minimum absolute atomic E-state index is 0.244. The minimum Gasteiger partial charge on any atom is -0.338 e. The molecule has 0 spiro atoms. The molecule has 22 heavy (non-hydrogen) atoms. The minimum atomic E-state index is 0.244. The first-order valence-corrected chi connectivity index (χ1v) is 9.51. The third-order valence-corrected chi connectivity index (χ3v) is 5.95. The standard InChI is InChI=1S/C17H27N3OS/c1-3-6-17-18-14(12-22-17)11-19-9-4-7-15(19)16-8-5-10-20(16)13(2)21/h12,15-16H,3-11H2,1-2H3/t15-,16-/m1/s1. The maximum atomic E-state index is 11.9. The Labute approximate surface area is 137 Å². The van der Waals surface area contributed by atoms with Gasteiger partial charge in [-0.25, -0.2) is 4.98 Å². The molecule has 122 valence electrons. The Morgan fingerprint density at radius 3 is 2.86 bits per heavy atom. The van der Waals surface area contributed by atoms with E-state index in [4.69, 9.17) is 4.98 Å². The number of hydrogen-bond donors (Lipinski definition) is 0. The number of aryl methyl sites for hydroxylation is 1. The predicted molar refractivity (Wildman–Crippen MR) is 90.0 cm³/mol. The van der Waals surface area contributed by atoms with Crippen molar-refractivity contribution >= 4 is 17.2 Å². The molecule has 5 heteroatoms. The van der Waals surface area contributed by atoms with Gasteiger partial charge in [-0.1, -0.05) is 6.92 Å². The summed E-state index contributed by atoms with van der Waals surface area (Å²) < 4.78 is 0. The Morgan fingerprint density at radius 2 is 2.09 bits per heavy atom. The lowest BCUT2D eigenvalue weighted by molar-refractivity contribution is -0.130. The molecule has 2 aliphatic rings. The number of rotatable bonds is 5. The molecule has 3 heterocycles. The van der Waals surface area contributed by atoms with Gasteiger partial charge < -0.3 is 4.90 Å². The number of carbonyl (C=O) groups is 1. The molecule has 0 N–H and O–H groups in total. The number of aromatic nitrogens is 1. The Morgan fingerprint density at radius 1 is 1.32 bits per heavy atom. The van der Waals surface area contributed by atoms with Crippen molar-refractivity contribution in [3.8, 4) is 0 Å². The topological polar surface area (TPSA) is 36.4 Å². The first-order chi connectivity index (χ1) is 10.7. The van der Waals surface area contributed by atoms with Crippen molar-refractivity contribution in [3.63, 3.8) is 0 Å². The van der Waals surface area contributed by atoms with Crippen LogP contribution in [-0.2, 0) is 17.8 Å². The summed E-state index contributed by atoms with van der Waals surface area (Å²) in [5.41, 5.74) is 1.22. The van der Waals surface area contributed by atoms with Gasteiger partial charge in [-0.3, -0.25) is 9.69 Å². The van der Waals surface area contributed by atoms with Crippen molar-refractivity contribution in [1.82, 2.24) is 14.8 Å². The summed E-state index contributed by atoms with van der Waals surface area (Å²) in [4.78, 5) is 21.3. The zero-order chi connectivity index (χ0) is 15.5. The summed E-state index contributed by atoms with van der Waals surface area (Å²) in [5, 5.41) is 3.48. The summed E-state index contributed by atoms with van der Waals surface area (Å²) >= 11 is 1.79. The summed E-state index contributed by atoms with van der Waals surface area (Å²) in [6, 6.07) is 0.955. The second kappa shape index (κ2) is 7.09. The van der Waals surface area contributed by atoms with Crippen LogP contribution in [0.2, 0.25) is 0 Å². The van der Waals surface area contributed by atoms with E-state index in [9.17, 15) is 4.79 Å². The van der Waals surface area contributed by atoms with Gasteiger partial charge in [-0.05, 0) is 45.1 Å². The fourth-order valence-corrected chi connectivity index (χ4v) is 4.92. The molecule has 0 saturated carbocycles. The lowest BCUT2D eigenvalue weighted by Gasteiger charge is -2.34. The van der Waals surface area contributed by atoms with Gasteiger partial charge in [0.05, 0.1) is 10.7 Å². The average Bonchev–Trinajstić information content (AvgIpc) is 3.19. The van der Waals surface area contributed by atoms with E-state index in [0.717, 1.165) is 38.9 Å². The van der Waals surface area contributed by atoms with Crippen LogP contribution >= 0.6 is 11.3 Å². The van der Waals surface area contributed by atoms with Gasteiger partial charge in [0.1, 0.15) is 0 Å². The number of nitrogens with zero attached hydrogens (tertiary/aromatic N) is 3. The Bertz CT molecular complexity index is 516. The molecular formula is C17H27N3OS. The lowest BCUT2D eigenvalue weighted by Crippen LogP contribution is -2.47. The van der Waals surface area contributed by atoms with Crippen molar-refractivity contribution in [2.24, 2.45) is 0 Å². The smallest absolute Gasteiger partial charge is 0.219 e. The molecule has 0 bridgehead atoms. The van der Waals surface area contributed by atoms with Gasteiger partial charge >= 0.3 is 0 Å². The fraction of sp³-hybridized carbons (Fsp3) is 0.765. The van der Waals surface area contributed by atoms with E-state index in [1.54, 1.807) is 18.3 Å². The monoisotopic (exact) mass is 321 g/mol. The lowest BCUT2D eigenvalue weighted by atomic mass is 10.0. The van der Waals surface area contributed by atoms with Crippen LogP contribution in [-0.4, -0.2) is 45.9 Å². The Balaban J connectivity index is 1.66. The van der Waals surface area contributed by atoms with Crippen LogP contribution < -0.4 is 0 Å². The fourth-order valence-electron chi connectivity index (χ4n) is 4.03. The van der Waals surface area contributed by atoms with Crippen molar-refractivity contribution in [3.05, 3.63) is 16.1 Å². The van der Waals surface area contributed by atoms with Gasteiger partial charge in [0.2, 0.25) is 5.91 Å². The normalized spacial score (nSPS) is 26.0. The molecular weight excluding hydrogens is 294 g/mol. The average molecular weight is 321 g/mol. The van der Waals surface area contributed by atoms with E-state index in [1.165, 1.54) is 30.0 Å². The molecule has 1 aromatic heterocycles. The number of amides is 1. The second-order valence-corrected chi connectivity index (χ2v) is 7.53. The predicted octanol–water partition coefficient (Wildman–Crippen LogP) is 3.07. The SMILES string of the molecule is CCCc1nc(CN2CCC[C@@H]2[C@H]2CCCN2C(C)=O)cs1. The second-order valence-electron chi connectivity index (χ2n) is 6.58. The van der Waals surface area contributed by atoms with Gasteiger partial charge in [0.25, 0.3) is 0 Å². The summed E-state index contributed by atoms with van der Waals surface area (Å²) in [6.45, 7) is 6.96. The number of hydrogen-bond acceptors (Lipinski definition) is 4. The van der Waals surface area contributed by atoms with Crippen LogP contribution in [0, 0.1) is 0 Å². The highest BCUT2D eigenvalue weighted by molar-refractivity contribution is 7.09. The van der Waals surface area contributed by atoms with E-state index in [2.05, 4.69) is 22.1 Å². The maximum Gasteiger partial charge on any atom is 0.219 e. The molecule has 0 radical (unpaired) electrons. The van der Waals surface area contributed by atoms with E-state index in [-0.39, 0.29) is 5.91 Å². The summed E-state index contributed by atoms with van der Waals surface area (Å²) in [7, 11) is 0. The number of carbonyl (C=O) groups excluding carboxylic acids is 1. The third-order valence-electron chi connectivity index (χ3n) is 4.99. The Kier molecular flexibility index (Phi) is 5.14. The molecule has 1 aromatic rings. The highest BCUT2D eigenvalue weighted by Crippen LogP contribution is 2.31. The maximum absolute atomic E-state index is 11.9. The largest absolute Gasteiger partial charge is 0.338 e. The van der Waals surface area contributed by atoms with Crippen LogP contribution in [0.3, 0.4) is 0 Å².